The van der Waals surface area contributed by atoms with Crippen LogP contribution in [0.1, 0.15) is 24.9 Å². The highest BCUT2D eigenvalue weighted by molar-refractivity contribution is 7.84. The van der Waals surface area contributed by atoms with E-state index in [4.69, 9.17) is 0 Å². The summed E-state index contributed by atoms with van der Waals surface area (Å²) >= 11 is 0. The quantitative estimate of drug-likeness (QED) is 0.884. The van der Waals surface area contributed by atoms with Gasteiger partial charge < -0.3 is 4.90 Å². The molecule has 104 valence electrons. The molecule has 0 saturated carbocycles. The molecule has 0 bridgehead atoms. The molecule has 1 aliphatic rings. The summed E-state index contributed by atoms with van der Waals surface area (Å²) in [6.07, 6.45) is 2.57. The van der Waals surface area contributed by atoms with Crippen LogP contribution in [-0.2, 0) is 15.6 Å². The van der Waals surface area contributed by atoms with Crippen molar-refractivity contribution >= 4 is 16.7 Å². The maximum absolute atomic E-state index is 12.5. The van der Waals surface area contributed by atoms with Gasteiger partial charge in [0, 0.05) is 29.4 Å². The van der Waals surface area contributed by atoms with Gasteiger partial charge in [-0.25, -0.2) is 0 Å². The van der Waals surface area contributed by atoms with E-state index in [1.54, 1.807) is 6.26 Å². The van der Waals surface area contributed by atoms with Crippen LogP contribution in [0.5, 0.6) is 0 Å². The Bertz CT molecular complexity index is 464. The van der Waals surface area contributed by atoms with E-state index >= 15 is 0 Å². The fraction of sp³-hybridized carbons (Fsp3) is 0.500. The minimum atomic E-state index is -0.871. The lowest BCUT2D eigenvalue weighted by atomic mass is 10.1. The summed E-state index contributed by atoms with van der Waals surface area (Å²) in [6.45, 7) is 2.60. The van der Waals surface area contributed by atoms with E-state index in [0.29, 0.717) is 12.3 Å². The van der Waals surface area contributed by atoms with Crippen LogP contribution in [0.2, 0.25) is 0 Å². The zero-order valence-electron chi connectivity index (χ0n) is 11.3. The summed E-state index contributed by atoms with van der Waals surface area (Å²) in [5.41, 5.74) is 0.992. The largest absolute Gasteiger partial charge is 0.325 e. The van der Waals surface area contributed by atoms with Crippen molar-refractivity contribution < 1.29 is 9.00 Å². The van der Waals surface area contributed by atoms with Gasteiger partial charge in [0.05, 0.1) is 6.17 Å². The Morgan fingerprint density at radius 1 is 1.32 bits per heavy atom. The Labute approximate surface area is 116 Å². The summed E-state index contributed by atoms with van der Waals surface area (Å²) < 4.78 is 11.2. The van der Waals surface area contributed by atoms with Crippen LogP contribution >= 0.6 is 0 Å². The van der Waals surface area contributed by atoms with Crippen molar-refractivity contribution in [1.82, 2.24) is 10.2 Å². The fourth-order valence-corrected chi connectivity index (χ4v) is 2.84. The van der Waals surface area contributed by atoms with Crippen molar-refractivity contribution in [3.8, 4) is 0 Å². The van der Waals surface area contributed by atoms with E-state index in [1.807, 2.05) is 42.2 Å². The number of carbonyl (C=O) groups is 1. The second-order valence-electron chi connectivity index (χ2n) is 4.74. The maximum Gasteiger partial charge on any atom is 0.245 e. The molecule has 2 rings (SSSR count). The van der Waals surface area contributed by atoms with Crippen molar-refractivity contribution in [1.29, 1.82) is 0 Å². The molecule has 1 fully saturated rings. The van der Waals surface area contributed by atoms with E-state index in [0.717, 1.165) is 12.0 Å². The molecule has 1 aromatic carbocycles. The molecule has 1 aromatic rings. The lowest BCUT2D eigenvalue weighted by molar-refractivity contribution is -0.129. The van der Waals surface area contributed by atoms with Crippen LogP contribution in [0.3, 0.4) is 0 Å². The zero-order chi connectivity index (χ0) is 13.8. The molecule has 4 nitrogen and oxygen atoms in total. The molecule has 1 N–H and O–H groups in total. The topological polar surface area (TPSA) is 49.4 Å². The van der Waals surface area contributed by atoms with Crippen molar-refractivity contribution in [2.24, 2.45) is 0 Å². The van der Waals surface area contributed by atoms with Gasteiger partial charge in [0.2, 0.25) is 5.91 Å². The van der Waals surface area contributed by atoms with Crippen LogP contribution in [0, 0.1) is 0 Å². The molecule has 1 aliphatic heterocycles. The Hall–Kier alpha value is -1.20. The lowest BCUT2D eigenvalue weighted by Crippen LogP contribution is -2.39. The second kappa shape index (κ2) is 6.30. The number of carbonyl (C=O) groups excluding carboxylic acids is 1. The van der Waals surface area contributed by atoms with Gasteiger partial charge in [0.15, 0.2) is 0 Å². The molecular formula is C14H20N2O2S. The molecule has 3 atom stereocenters. The number of hydrogen-bond donors (Lipinski definition) is 1. The van der Waals surface area contributed by atoms with Gasteiger partial charge in [-0.3, -0.25) is 14.3 Å². The fourth-order valence-electron chi connectivity index (χ4n) is 2.39. The molecule has 1 saturated heterocycles. The average Bonchev–Trinajstić information content (AvgIpc) is 2.74. The van der Waals surface area contributed by atoms with Crippen molar-refractivity contribution in [2.45, 2.75) is 25.6 Å². The standard InChI is InChI=1S/C14H20N2O2S/c1-3-12-15-13(11-7-5-4-6-8-11)14(17)16(12)9-10-19(2)18/h4-8,12-13,15H,3,9-10H2,1-2H3. The van der Waals surface area contributed by atoms with Crippen molar-refractivity contribution in [3.05, 3.63) is 35.9 Å². The highest BCUT2D eigenvalue weighted by atomic mass is 32.2. The van der Waals surface area contributed by atoms with Gasteiger partial charge in [-0.1, -0.05) is 37.3 Å². The molecule has 5 heteroatoms. The van der Waals surface area contributed by atoms with Crippen LogP contribution < -0.4 is 5.32 Å². The van der Waals surface area contributed by atoms with Gasteiger partial charge in [-0.05, 0) is 12.0 Å². The number of benzene rings is 1. The first-order valence-electron chi connectivity index (χ1n) is 6.55. The number of nitrogens with one attached hydrogen (secondary N) is 1. The van der Waals surface area contributed by atoms with E-state index < -0.39 is 10.8 Å². The SMILES string of the molecule is CCC1NC(c2ccccc2)C(=O)N1CCS(C)=O. The molecule has 1 heterocycles. The highest BCUT2D eigenvalue weighted by Gasteiger charge is 2.38. The van der Waals surface area contributed by atoms with E-state index in [9.17, 15) is 9.00 Å². The first-order valence-corrected chi connectivity index (χ1v) is 8.27. The third kappa shape index (κ3) is 3.22. The predicted molar refractivity (Wildman–Crippen MR) is 77.0 cm³/mol. The van der Waals surface area contributed by atoms with E-state index in [-0.39, 0.29) is 18.1 Å². The third-order valence-corrected chi connectivity index (χ3v) is 4.16. The van der Waals surface area contributed by atoms with Crippen LogP contribution in [0.25, 0.3) is 0 Å². The number of hydrogen-bond acceptors (Lipinski definition) is 3. The van der Waals surface area contributed by atoms with Crippen molar-refractivity contribution in [2.75, 3.05) is 18.6 Å². The smallest absolute Gasteiger partial charge is 0.245 e. The Balaban J connectivity index is 2.13. The summed E-state index contributed by atoms with van der Waals surface area (Å²) in [4.78, 5) is 14.3. The minimum Gasteiger partial charge on any atom is -0.325 e. The molecule has 0 radical (unpaired) electrons. The van der Waals surface area contributed by atoms with Gasteiger partial charge in [0.1, 0.15) is 6.04 Å². The third-order valence-electron chi connectivity index (χ3n) is 3.40. The Morgan fingerprint density at radius 3 is 2.58 bits per heavy atom. The summed E-state index contributed by atoms with van der Waals surface area (Å²) in [7, 11) is -0.871. The minimum absolute atomic E-state index is 0.0428. The number of rotatable bonds is 5. The van der Waals surface area contributed by atoms with Gasteiger partial charge in [-0.2, -0.15) is 0 Å². The van der Waals surface area contributed by atoms with Crippen LogP contribution in [0.4, 0.5) is 0 Å². The molecule has 0 aromatic heterocycles. The second-order valence-corrected chi connectivity index (χ2v) is 6.30. The van der Waals surface area contributed by atoms with Gasteiger partial charge >= 0.3 is 0 Å². The maximum atomic E-state index is 12.5. The van der Waals surface area contributed by atoms with E-state index in [1.165, 1.54) is 0 Å². The molecule has 0 aliphatic carbocycles. The first kappa shape index (κ1) is 14.2. The molecule has 3 unspecified atom stereocenters. The van der Waals surface area contributed by atoms with Crippen LogP contribution in [-0.4, -0.2) is 39.7 Å². The monoisotopic (exact) mass is 280 g/mol. The van der Waals surface area contributed by atoms with Crippen molar-refractivity contribution in [3.63, 3.8) is 0 Å². The average molecular weight is 280 g/mol. The normalized spacial score (nSPS) is 24.7. The summed E-state index contributed by atoms with van der Waals surface area (Å²) in [5.74, 6) is 0.620. The van der Waals surface area contributed by atoms with E-state index in [2.05, 4.69) is 5.32 Å². The lowest BCUT2D eigenvalue weighted by Gasteiger charge is -2.22. The summed E-state index contributed by atoms with van der Waals surface area (Å²) in [6, 6.07) is 9.48. The number of nitrogens with zero attached hydrogens (tertiary/aromatic N) is 1. The zero-order valence-corrected chi connectivity index (χ0v) is 12.2. The molecule has 1 amide bonds. The van der Waals surface area contributed by atoms with Gasteiger partial charge in [-0.15, -0.1) is 0 Å². The highest BCUT2D eigenvalue weighted by Crippen LogP contribution is 2.25. The van der Waals surface area contributed by atoms with Crippen LogP contribution in [0.15, 0.2) is 30.3 Å². The first-order chi connectivity index (χ1) is 9.13. The molecule has 0 spiro atoms. The summed E-state index contributed by atoms with van der Waals surface area (Å²) in [5, 5.41) is 3.36. The van der Waals surface area contributed by atoms with Gasteiger partial charge in [0.25, 0.3) is 0 Å². The Morgan fingerprint density at radius 2 is 2.00 bits per heavy atom. The Kier molecular flexibility index (Phi) is 4.71. The molecular weight excluding hydrogens is 260 g/mol. The predicted octanol–water partition coefficient (Wildman–Crippen LogP) is 1.27. The molecule has 19 heavy (non-hydrogen) atoms. The number of amides is 1.